The number of carbonyl (C=O) groups is 1. The second-order valence-electron chi connectivity index (χ2n) is 9.34. The average molecular weight is 565 g/mol. The maximum atomic E-state index is 13.0. The van der Waals surface area contributed by atoms with Gasteiger partial charge in [-0.3, -0.25) is 9.78 Å². The Balaban J connectivity index is 1.46. The number of halogens is 2. The van der Waals surface area contributed by atoms with Crippen molar-refractivity contribution in [3.05, 3.63) is 112 Å². The zero-order valence-electron chi connectivity index (χ0n) is 21.0. The highest BCUT2D eigenvalue weighted by Crippen LogP contribution is 2.40. The van der Waals surface area contributed by atoms with Crippen molar-refractivity contribution in [2.75, 3.05) is 11.9 Å². The Morgan fingerprint density at radius 3 is 2.68 bits per heavy atom. The van der Waals surface area contributed by atoms with Crippen molar-refractivity contribution < 1.29 is 4.79 Å². The molecule has 9 heteroatoms. The first-order valence-electron chi connectivity index (χ1n) is 12.3. The molecule has 4 aromatic rings. The molecule has 1 amide bonds. The smallest absolute Gasteiger partial charge is 0.226 e. The van der Waals surface area contributed by atoms with Gasteiger partial charge in [0.2, 0.25) is 5.91 Å². The number of nitrogens with zero attached hydrogens (tertiary/aromatic N) is 3. The summed E-state index contributed by atoms with van der Waals surface area (Å²) in [5, 5.41) is 8.18. The number of anilines is 1. The van der Waals surface area contributed by atoms with Crippen LogP contribution >= 0.6 is 35.4 Å². The molecule has 1 aliphatic rings. The lowest BCUT2D eigenvalue weighted by molar-refractivity contribution is -0.116. The van der Waals surface area contributed by atoms with E-state index in [4.69, 9.17) is 35.4 Å². The molecule has 2 N–H and O–H groups in total. The van der Waals surface area contributed by atoms with E-state index in [1.165, 1.54) is 0 Å². The van der Waals surface area contributed by atoms with Crippen LogP contribution in [0.3, 0.4) is 0 Å². The van der Waals surface area contributed by atoms with Gasteiger partial charge in [-0.15, -0.1) is 0 Å². The quantitative estimate of drug-likeness (QED) is 0.242. The summed E-state index contributed by atoms with van der Waals surface area (Å²) in [5.74, 6) is -0.0716. The largest absolute Gasteiger partial charge is 0.352 e. The molecule has 0 aliphatic carbocycles. The standard InChI is InChI=1S/C29H27Cl2N5OS/c1-18-8-9-19(2)23(16-18)33-26(37)12-15-36-28(27(34-29(36)38)22-6-3-4-13-32-22)25-7-5-14-35(25)24-11-10-20(30)17-21(24)31/h3-11,13-14,16-17,27-28H,12,15H2,1-2H3,(H,33,37)(H,34,38). The molecule has 1 fully saturated rings. The normalized spacial score (nSPS) is 16.9. The lowest BCUT2D eigenvalue weighted by atomic mass is 10.0. The van der Waals surface area contributed by atoms with E-state index in [1.54, 1.807) is 12.3 Å². The molecule has 0 bridgehead atoms. The first-order chi connectivity index (χ1) is 18.3. The number of nitrogens with one attached hydrogen (secondary N) is 2. The number of benzene rings is 2. The highest BCUT2D eigenvalue weighted by molar-refractivity contribution is 7.80. The van der Waals surface area contributed by atoms with Gasteiger partial charge in [-0.2, -0.15) is 0 Å². The fourth-order valence-electron chi connectivity index (χ4n) is 4.80. The van der Waals surface area contributed by atoms with Crippen LogP contribution in [0.5, 0.6) is 0 Å². The lowest BCUT2D eigenvalue weighted by Crippen LogP contribution is -2.33. The minimum atomic E-state index is -0.229. The molecular formula is C29H27Cl2N5OS. The molecule has 2 aromatic carbocycles. The van der Waals surface area contributed by atoms with Crippen molar-refractivity contribution in [1.82, 2.24) is 19.8 Å². The predicted molar refractivity (Wildman–Crippen MR) is 157 cm³/mol. The van der Waals surface area contributed by atoms with Crippen molar-refractivity contribution in [3.63, 3.8) is 0 Å². The molecule has 2 aromatic heterocycles. The SMILES string of the molecule is Cc1ccc(C)c(NC(=O)CCN2C(=S)NC(c3ccccn3)C2c2cccn2-c2ccc(Cl)cc2Cl)c1. The third-order valence-corrected chi connectivity index (χ3v) is 7.59. The van der Waals surface area contributed by atoms with Gasteiger partial charge in [0.15, 0.2) is 5.11 Å². The van der Waals surface area contributed by atoms with E-state index in [-0.39, 0.29) is 24.4 Å². The van der Waals surface area contributed by atoms with Crippen LogP contribution in [0.4, 0.5) is 5.69 Å². The number of carbonyl (C=O) groups excluding carboxylic acids is 1. The maximum Gasteiger partial charge on any atom is 0.226 e. The molecule has 3 heterocycles. The number of aromatic nitrogens is 2. The van der Waals surface area contributed by atoms with Gasteiger partial charge in [0.1, 0.15) is 0 Å². The fourth-order valence-corrected chi connectivity index (χ4v) is 5.64. The van der Waals surface area contributed by atoms with Crippen molar-refractivity contribution in [1.29, 1.82) is 0 Å². The van der Waals surface area contributed by atoms with E-state index in [2.05, 4.69) is 20.5 Å². The summed E-state index contributed by atoms with van der Waals surface area (Å²) < 4.78 is 2.04. The van der Waals surface area contributed by atoms with Gasteiger partial charge in [-0.25, -0.2) is 0 Å². The van der Waals surface area contributed by atoms with Gasteiger partial charge >= 0.3 is 0 Å². The van der Waals surface area contributed by atoms with Gasteiger partial charge in [-0.1, -0.05) is 41.4 Å². The molecule has 1 aliphatic heterocycles. The monoisotopic (exact) mass is 563 g/mol. The summed E-state index contributed by atoms with van der Waals surface area (Å²) in [4.78, 5) is 19.7. The molecular weight excluding hydrogens is 537 g/mol. The van der Waals surface area contributed by atoms with Crippen LogP contribution in [-0.4, -0.2) is 32.0 Å². The summed E-state index contributed by atoms with van der Waals surface area (Å²) in [7, 11) is 0. The Labute approximate surface area is 237 Å². The average Bonchev–Trinajstić information content (AvgIpc) is 3.49. The summed E-state index contributed by atoms with van der Waals surface area (Å²) in [6.07, 6.45) is 4.00. The number of pyridine rings is 1. The zero-order valence-corrected chi connectivity index (χ0v) is 23.3. The summed E-state index contributed by atoms with van der Waals surface area (Å²) in [6, 6.07) is 20.9. The number of thiocarbonyl (C=S) groups is 1. The highest BCUT2D eigenvalue weighted by Gasteiger charge is 2.41. The molecule has 1 saturated heterocycles. The zero-order chi connectivity index (χ0) is 26.8. The van der Waals surface area contributed by atoms with Crippen molar-refractivity contribution in [2.45, 2.75) is 32.4 Å². The van der Waals surface area contributed by atoms with Gasteiger partial charge in [0, 0.05) is 41.8 Å². The molecule has 0 spiro atoms. The van der Waals surface area contributed by atoms with Crippen molar-refractivity contribution in [2.24, 2.45) is 0 Å². The molecule has 2 atom stereocenters. The first kappa shape index (κ1) is 26.2. The lowest BCUT2D eigenvalue weighted by Gasteiger charge is -2.29. The second kappa shape index (κ2) is 11.2. The van der Waals surface area contributed by atoms with Crippen molar-refractivity contribution >= 4 is 52.1 Å². The van der Waals surface area contributed by atoms with E-state index in [0.29, 0.717) is 21.7 Å². The molecule has 194 valence electrons. The van der Waals surface area contributed by atoms with Crippen LogP contribution in [0.1, 0.15) is 41.0 Å². The summed E-state index contributed by atoms with van der Waals surface area (Å²) >= 11 is 18.6. The van der Waals surface area contributed by atoms with Crippen LogP contribution in [-0.2, 0) is 4.79 Å². The molecule has 5 rings (SSSR count). The van der Waals surface area contributed by atoms with Crippen LogP contribution in [0.2, 0.25) is 10.0 Å². The number of aryl methyl sites for hydroxylation is 2. The first-order valence-corrected chi connectivity index (χ1v) is 13.5. The van der Waals surface area contributed by atoms with Gasteiger partial charge in [0.25, 0.3) is 0 Å². The van der Waals surface area contributed by atoms with Crippen molar-refractivity contribution in [3.8, 4) is 5.69 Å². The Bertz CT molecular complexity index is 1490. The van der Waals surface area contributed by atoms with Crippen LogP contribution in [0, 0.1) is 13.8 Å². The highest BCUT2D eigenvalue weighted by atomic mass is 35.5. The van der Waals surface area contributed by atoms with E-state index >= 15 is 0 Å². The minimum Gasteiger partial charge on any atom is -0.352 e. The fraction of sp³-hybridized carbons (Fsp3) is 0.207. The molecule has 6 nitrogen and oxygen atoms in total. The Morgan fingerprint density at radius 1 is 1.08 bits per heavy atom. The second-order valence-corrected chi connectivity index (χ2v) is 10.6. The van der Waals surface area contributed by atoms with Crippen LogP contribution in [0.25, 0.3) is 5.69 Å². The number of rotatable bonds is 7. The molecule has 0 saturated carbocycles. The summed E-state index contributed by atoms with van der Waals surface area (Å²) in [6.45, 7) is 4.42. The number of amides is 1. The van der Waals surface area contributed by atoms with Crippen LogP contribution < -0.4 is 10.6 Å². The van der Waals surface area contributed by atoms with Crippen LogP contribution in [0.15, 0.2) is 79.1 Å². The summed E-state index contributed by atoms with van der Waals surface area (Å²) in [5.41, 5.74) is 5.57. The number of hydrogen-bond acceptors (Lipinski definition) is 3. The third kappa shape index (κ3) is 5.41. The molecule has 2 unspecified atom stereocenters. The van der Waals surface area contributed by atoms with E-state index in [9.17, 15) is 4.79 Å². The van der Waals surface area contributed by atoms with E-state index in [0.717, 1.165) is 33.9 Å². The molecule has 38 heavy (non-hydrogen) atoms. The van der Waals surface area contributed by atoms with Gasteiger partial charge < -0.3 is 20.1 Å². The topological polar surface area (TPSA) is 62.2 Å². The third-order valence-electron chi connectivity index (χ3n) is 6.70. The van der Waals surface area contributed by atoms with Gasteiger partial charge in [0.05, 0.1) is 28.5 Å². The number of hydrogen-bond donors (Lipinski definition) is 2. The predicted octanol–water partition coefficient (Wildman–Crippen LogP) is 6.80. The van der Waals surface area contributed by atoms with E-state index < -0.39 is 0 Å². The Kier molecular flexibility index (Phi) is 7.70. The Morgan fingerprint density at radius 2 is 1.92 bits per heavy atom. The van der Waals surface area contributed by atoms with Gasteiger partial charge in [-0.05, 0) is 85.7 Å². The molecule has 0 radical (unpaired) electrons. The van der Waals surface area contributed by atoms with E-state index in [1.807, 2.05) is 85.3 Å². The minimum absolute atomic E-state index is 0.0716. The Hall–Kier alpha value is -3.39. The maximum absolute atomic E-state index is 13.0.